The first-order chi connectivity index (χ1) is 7.69. The molecule has 1 aromatic carbocycles. The maximum atomic E-state index is 10.9. The van der Waals surface area contributed by atoms with Crippen molar-refractivity contribution in [1.29, 1.82) is 0 Å². The van der Waals surface area contributed by atoms with Gasteiger partial charge < -0.3 is 14.6 Å². The third-order valence-corrected chi connectivity index (χ3v) is 4.25. The minimum atomic E-state index is -0.965. The number of aliphatic hydroxyl groups is 1. The van der Waals surface area contributed by atoms with Crippen LogP contribution in [0, 0.1) is 0 Å². The topological polar surface area (TPSA) is 38.7 Å². The number of hydrogen-bond acceptors (Lipinski definition) is 3. The Morgan fingerprint density at radius 1 is 1.25 bits per heavy atom. The summed E-state index contributed by atoms with van der Waals surface area (Å²) in [5.41, 5.74) is 1.23. The summed E-state index contributed by atoms with van der Waals surface area (Å²) in [6, 6.07) is 8.00. The monoisotopic (exact) mass is 220 g/mol. The first-order valence-electron chi connectivity index (χ1n) is 5.61. The maximum Gasteiger partial charge on any atom is 0.201 e. The molecule has 1 aromatic rings. The summed E-state index contributed by atoms with van der Waals surface area (Å²) in [6.45, 7) is 0. The lowest BCUT2D eigenvalue weighted by Crippen LogP contribution is -2.57. The molecule has 86 valence electrons. The van der Waals surface area contributed by atoms with Gasteiger partial charge in [-0.05, 0) is 17.5 Å². The third-order valence-electron chi connectivity index (χ3n) is 4.25. The average molecular weight is 220 g/mol. The van der Waals surface area contributed by atoms with Gasteiger partial charge in [0.25, 0.3) is 0 Å². The van der Waals surface area contributed by atoms with E-state index in [0.29, 0.717) is 0 Å². The largest absolute Gasteiger partial charge is 0.379 e. The Hall–Kier alpha value is -0.900. The molecule has 0 heterocycles. The van der Waals surface area contributed by atoms with Gasteiger partial charge >= 0.3 is 0 Å². The average Bonchev–Trinajstić information content (AvgIpc) is 2.58. The van der Waals surface area contributed by atoms with E-state index in [1.54, 1.807) is 14.2 Å². The molecule has 3 nitrogen and oxygen atoms in total. The van der Waals surface area contributed by atoms with Gasteiger partial charge in [-0.3, -0.25) is 0 Å². The number of hydrogen-bond donors (Lipinski definition) is 1. The smallest absolute Gasteiger partial charge is 0.201 e. The number of rotatable bonds is 2. The predicted octanol–water partition coefficient (Wildman–Crippen LogP) is 1.75. The minimum absolute atomic E-state index is 0.156. The normalized spacial score (nSPS) is 34.1. The van der Waals surface area contributed by atoms with Crippen molar-refractivity contribution in [2.45, 2.75) is 30.1 Å². The van der Waals surface area contributed by atoms with E-state index in [0.717, 1.165) is 18.4 Å². The lowest BCUT2D eigenvalue weighted by atomic mass is 9.64. The van der Waals surface area contributed by atoms with E-state index in [4.69, 9.17) is 9.47 Å². The third kappa shape index (κ3) is 0.865. The highest BCUT2D eigenvalue weighted by Crippen LogP contribution is 2.64. The van der Waals surface area contributed by atoms with E-state index in [2.05, 4.69) is 6.07 Å². The highest BCUT2D eigenvalue weighted by Gasteiger charge is 2.68. The standard InChI is InChI=1S/C13H16O3/c1-15-12(16-2)8-7-11-9-5-3-4-6-10(9)13(11,12)14/h3-6,11,14H,7-8H2,1-2H3/t11-,13-/m0/s1. The fourth-order valence-electron chi connectivity index (χ4n) is 3.44. The molecule has 2 aliphatic rings. The zero-order valence-corrected chi connectivity index (χ0v) is 9.56. The molecule has 0 unspecified atom stereocenters. The summed E-state index contributed by atoms with van der Waals surface area (Å²) in [5, 5.41) is 10.9. The molecular formula is C13H16O3. The number of ether oxygens (including phenoxy) is 2. The lowest BCUT2D eigenvalue weighted by Gasteiger charge is -2.50. The van der Waals surface area contributed by atoms with Crippen LogP contribution in [0.5, 0.6) is 0 Å². The second kappa shape index (κ2) is 3.06. The van der Waals surface area contributed by atoms with Crippen molar-refractivity contribution in [2.24, 2.45) is 0 Å². The number of fused-ring (bicyclic) bond motifs is 4. The zero-order valence-electron chi connectivity index (χ0n) is 9.56. The van der Waals surface area contributed by atoms with E-state index < -0.39 is 11.4 Å². The molecule has 0 aliphatic heterocycles. The Kier molecular flexibility index (Phi) is 1.97. The van der Waals surface area contributed by atoms with E-state index >= 15 is 0 Å². The van der Waals surface area contributed by atoms with Crippen molar-refractivity contribution >= 4 is 0 Å². The summed E-state index contributed by atoms with van der Waals surface area (Å²) in [5.74, 6) is -0.713. The van der Waals surface area contributed by atoms with Crippen molar-refractivity contribution in [3.63, 3.8) is 0 Å². The van der Waals surface area contributed by atoms with Crippen LogP contribution >= 0.6 is 0 Å². The fraction of sp³-hybridized carbons (Fsp3) is 0.538. The van der Waals surface area contributed by atoms with Gasteiger partial charge in [-0.15, -0.1) is 0 Å². The van der Waals surface area contributed by atoms with Crippen LogP contribution in [-0.4, -0.2) is 25.1 Å². The first-order valence-corrected chi connectivity index (χ1v) is 5.61. The van der Waals surface area contributed by atoms with Gasteiger partial charge in [0.15, 0.2) is 5.60 Å². The van der Waals surface area contributed by atoms with Gasteiger partial charge in [0.2, 0.25) is 5.79 Å². The van der Waals surface area contributed by atoms with Crippen molar-refractivity contribution in [1.82, 2.24) is 0 Å². The van der Waals surface area contributed by atoms with Crippen LogP contribution in [0.3, 0.4) is 0 Å². The molecule has 2 aliphatic carbocycles. The van der Waals surface area contributed by atoms with Gasteiger partial charge in [0, 0.05) is 26.6 Å². The maximum absolute atomic E-state index is 10.9. The van der Waals surface area contributed by atoms with Crippen LogP contribution in [0.4, 0.5) is 0 Å². The van der Waals surface area contributed by atoms with Crippen LogP contribution in [0.2, 0.25) is 0 Å². The van der Waals surface area contributed by atoms with Crippen molar-refractivity contribution in [3.8, 4) is 0 Å². The number of methoxy groups -OCH3 is 2. The molecule has 0 saturated heterocycles. The summed E-state index contributed by atoms with van der Waals surface area (Å²) in [4.78, 5) is 0. The van der Waals surface area contributed by atoms with Crippen LogP contribution in [0.15, 0.2) is 24.3 Å². The van der Waals surface area contributed by atoms with Gasteiger partial charge in [-0.1, -0.05) is 24.3 Å². The van der Waals surface area contributed by atoms with Gasteiger partial charge in [0.1, 0.15) is 0 Å². The Morgan fingerprint density at radius 2 is 1.94 bits per heavy atom. The summed E-state index contributed by atoms with van der Waals surface area (Å²) < 4.78 is 10.9. The Labute approximate surface area is 95.0 Å². The van der Waals surface area contributed by atoms with Crippen LogP contribution in [-0.2, 0) is 15.1 Å². The Balaban J connectivity index is 2.14. The molecule has 1 fully saturated rings. The molecule has 0 aromatic heterocycles. The van der Waals surface area contributed by atoms with Crippen LogP contribution < -0.4 is 0 Å². The van der Waals surface area contributed by atoms with E-state index in [1.165, 1.54) is 5.56 Å². The molecule has 0 amide bonds. The SMILES string of the molecule is COC1(OC)CC[C@H]2c3ccccc3[C@]21O. The van der Waals surface area contributed by atoms with Crippen LogP contribution in [0.1, 0.15) is 29.9 Å². The highest BCUT2D eigenvalue weighted by molar-refractivity contribution is 5.51. The van der Waals surface area contributed by atoms with Crippen molar-refractivity contribution < 1.29 is 14.6 Å². The predicted molar refractivity (Wildman–Crippen MR) is 59.1 cm³/mol. The second-order valence-electron chi connectivity index (χ2n) is 4.61. The molecular weight excluding hydrogens is 204 g/mol. The van der Waals surface area contributed by atoms with E-state index in [-0.39, 0.29) is 5.92 Å². The Morgan fingerprint density at radius 3 is 2.62 bits per heavy atom. The molecule has 0 radical (unpaired) electrons. The van der Waals surface area contributed by atoms with Crippen LogP contribution in [0.25, 0.3) is 0 Å². The first kappa shape index (κ1) is 10.3. The molecule has 3 rings (SSSR count). The Bertz CT molecular complexity index is 425. The number of benzene rings is 1. The molecule has 0 bridgehead atoms. The fourth-order valence-corrected chi connectivity index (χ4v) is 3.44. The van der Waals surface area contributed by atoms with Gasteiger partial charge in [-0.2, -0.15) is 0 Å². The summed E-state index contributed by atoms with van der Waals surface area (Å²) in [6.07, 6.45) is 1.64. The van der Waals surface area contributed by atoms with E-state index in [1.807, 2.05) is 18.2 Å². The quantitative estimate of drug-likeness (QED) is 0.772. The van der Waals surface area contributed by atoms with Gasteiger partial charge in [0.05, 0.1) is 0 Å². The molecule has 3 heteroatoms. The van der Waals surface area contributed by atoms with Crippen molar-refractivity contribution in [3.05, 3.63) is 35.4 Å². The zero-order chi connectivity index (χ0) is 11.4. The molecule has 1 N–H and O–H groups in total. The molecule has 0 spiro atoms. The van der Waals surface area contributed by atoms with Gasteiger partial charge in [-0.25, -0.2) is 0 Å². The summed E-state index contributed by atoms with van der Waals surface area (Å²) >= 11 is 0. The minimum Gasteiger partial charge on any atom is -0.379 e. The lowest BCUT2D eigenvalue weighted by molar-refractivity contribution is -0.302. The highest BCUT2D eigenvalue weighted by atomic mass is 16.7. The molecule has 1 saturated carbocycles. The van der Waals surface area contributed by atoms with E-state index in [9.17, 15) is 5.11 Å². The van der Waals surface area contributed by atoms with Crippen molar-refractivity contribution in [2.75, 3.05) is 14.2 Å². The second-order valence-corrected chi connectivity index (χ2v) is 4.61. The molecule has 2 atom stereocenters. The molecule has 16 heavy (non-hydrogen) atoms. The summed E-state index contributed by atoms with van der Waals surface area (Å²) in [7, 11) is 3.20.